The molecule has 83 valence electrons. The third-order valence-corrected chi connectivity index (χ3v) is 2.88. The summed E-state index contributed by atoms with van der Waals surface area (Å²) in [6.07, 6.45) is 9.19. The third-order valence-electron chi connectivity index (χ3n) is 2.46. The van der Waals surface area contributed by atoms with Crippen molar-refractivity contribution in [2.75, 3.05) is 0 Å². The summed E-state index contributed by atoms with van der Waals surface area (Å²) in [6.45, 7) is 3.87. The molecular weight excluding hydrogens is 307 g/mol. The van der Waals surface area contributed by atoms with Gasteiger partial charge in [0.05, 0.1) is 5.38 Å². The van der Waals surface area contributed by atoms with E-state index in [4.69, 9.17) is 18.0 Å². The standard InChI is InChI=1S/C14H11ClN.Y/c1-3-11-4-6-12(7-5-11)14-9-8-13(15)10(2)16-14;/h1,4-7,13,16H,2,8H2;/q-1;. The Hall–Kier alpha value is -0.546. The fourth-order valence-electron chi connectivity index (χ4n) is 1.51. The van der Waals surface area contributed by atoms with Crippen molar-refractivity contribution in [2.24, 2.45) is 0 Å². The number of nitrogens with one attached hydrogen (secondary N) is 1. The van der Waals surface area contributed by atoms with E-state index in [1.165, 1.54) is 0 Å². The number of benzene rings is 1. The average molecular weight is 318 g/mol. The molecule has 0 spiro atoms. The Kier molecular flexibility index (Phi) is 5.47. The molecule has 1 aromatic carbocycles. The fourth-order valence-corrected chi connectivity index (χ4v) is 1.64. The Bertz CT molecular complexity index is 482. The van der Waals surface area contributed by atoms with Crippen LogP contribution in [0.4, 0.5) is 0 Å². The second-order valence-electron chi connectivity index (χ2n) is 3.60. The fraction of sp³-hybridized carbons (Fsp3) is 0.143. The molecule has 1 nitrogen and oxygen atoms in total. The molecule has 1 N–H and O–H groups in total. The van der Waals surface area contributed by atoms with Crippen molar-refractivity contribution in [3.8, 4) is 12.3 Å². The Morgan fingerprint density at radius 2 is 2.06 bits per heavy atom. The van der Waals surface area contributed by atoms with Crippen molar-refractivity contribution >= 4 is 17.3 Å². The maximum atomic E-state index is 6.00. The molecule has 1 heterocycles. The van der Waals surface area contributed by atoms with E-state index in [0.717, 1.165) is 22.5 Å². The van der Waals surface area contributed by atoms with Gasteiger partial charge in [-0.3, -0.25) is 0 Å². The molecule has 0 bridgehead atoms. The Balaban J connectivity index is 0.00000144. The van der Waals surface area contributed by atoms with E-state index in [1.54, 1.807) is 0 Å². The van der Waals surface area contributed by atoms with Gasteiger partial charge < -0.3 is 5.32 Å². The predicted octanol–water partition coefficient (Wildman–Crippen LogP) is 2.92. The van der Waals surface area contributed by atoms with Crippen LogP contribution in [0.15, 0.2) is 36.5 Å². The molecule has 3 heteroatoms. The molecular formula is C14H11ClNY-. The molecule has 1 aliphatic heterocycles. The molecule has 0 fully saturated rings. The van der Waals surface area contributed by atoms with Crippen LogP contribution < -0.4 is 5.32 Å². The molecule has 0 amide bonds. The van der Waals surface area contributed by atoms with Crippen molar-refractivity contribution in [3.63, 3.8) is 0 Å². The van der Waals surface area contributed by atoms with Crippen LogP contribution in [-0.2, 0) is 32.7 Å². The third kappa shape index (κ3) is 3.46. The van der Waals surface area contributed by atoms with Gasteiger partial charge in [-0.05, 0) is 0 Å². The summed E-state index contributed by atoms with van der Waals surface area (Å²) in [6, 6.07) is 7.74. The number of hydrogen-bond donors (Lipinski definition) is 1. The van der Waals surface area contributed by atoms with Crippen molar-refractivity contribution in [3.05, 3.63) is 53.7 Å². The zero-order valence-electron chi connectivity index (χ0n) is 9.33. The molecule has 0 saturated carbocycles. The van der Waals surface area contributed by atoms with Gasteiger partial charge in [0.25, 0.3) is 0 Å². The Morgan fingerprint density at radius 3 is 2.59 bits per heavy atom. The van der Waals surface area contributed by atoms with Crippen LogP contribution in [0.1, 0.15) is 17.5 Å². The molecule has 1 unspecified atom stereocenters. The van der Waals surface area contributed by atoms with Crippen molar-refractivity contribution in [2.45, 2.75) is 11.8 Å². The summed E-state index contributed by atoms with van der Waals surface area (Å²) in [5.74, 6) is 2.58. The molecule has 1 radical (unpaired) electrons. The number of allylic oxidation sites excluding steroid dienone is 2. The molecule has 2 rings (SSSR count). The van der Waals surface area contributed by atoms with E-state index >= 15 is 0 Å². The molecule has 0 aromatic heterocycles. The summed E-state index contributed by atoms with van der Waals surface area (Å²) in [4.78, 5) is 0. The van der Waals surface area contributed by atoms with Crippen LogP contribution in [0.25, 0.3) is 5.70 Å². The molecule has 1 aromatic rings. The first-order valence-electron chi connectivity index (χ1n) is 4.98. The molecule has 0 aliphatic carbocycles. The van der Waals surface area contributed by atoms with Gasteiger partial charge in [-0.25, -0.2) is 6.08 Å². The quantitative estimate of drug-likeness (QED) is 0.477. The average Bonchev–Trinajstić information content (AvgIpc) is 2.33. The van der Waals surface area contributed by atoms with Gasteiger partial charge in [-0.15, -0.1) is 35.9 Å². The summed E-state index contributed by atoms with van der Waals surface area (Å²) in [5, 5.41) is 3.07. The zero-order chi connectivity index (χ0) is 11.5. The monoisotopic (exact) mass is 317 g/mol. The van der Waals surface area contributed by atoms with Crippen LogP contribution in [0.5, 0.6) is 0 Å². The van der Waals surface area contributed by atoms with Gasteiger partial charge in [0.2, 0.25) is 0 Å². The minimum absolute atomic E-state index is 0. The van der Waals surface area contributed by atoms with Gasteiger partial charge in [-0.2, -0.15) is 5.56 Å². The maximum absolute atomic E-state index is 6.00. The van der Waals surface area contributed by atoms with E-state index in [9.17, 15) is 0 Å². The molecule has 1 aliphatic rings. The van der Waals surface area contributed by atoms with Crippen LogP contribution in [0.2, 0.25) is 0 Å². The summed E-state index contributed by atoms with van der Waals surface area (Å²) < 4.78 is 0. The minimum atomic E-state index is -0.0752. The smallest absolute Gasteiger partial charge is 0.0604 e. The van der Waals surface area contributed by atoms with Gasteiger partial charge in [0, 0.05) is 44.0 Å². The number of alkyl halides is 1. The second-order valence-corrected chi connectivity index (χ2v) is 4.12. The topological polar surface area (TPSA) is 12.0 Å². The first-order chi connectivity index (χ1) is 7.70. The molecule has 17 heavy (non-hydrogen) atoms. The van der Waals surface area contributed by atoms with Crippen molar-refractivity contribution in [1.29, 1.82) is 0 Å². The van der Waals surface area contributed by atoms with Crippen molar-refractivity contribution in [1.82, 2.24) is 5.32 Å². The number of terminal acetylenes is 1. The van der Waals surface area contributed by atoms with Gasteiger partial charge >= 0.3 is 0 Å². The largest absolute Gasteiger partial charge is 0.392 e. The summed E-state index contributed by atoms with van der Waals surface area (Å²) >= 11 is 6.00. The summed E-state index contributed by atoms with van der Waals surface area (Å²) in [7, 11) is 0. The first kappa shape index (κ1) is 14.5. The number of halogens is 1. The number of hydrogen-bond acceptors (Lipinski definition) is 1. The van der Waals surface area contributed by atoms with E-state index in [1.807, 2.05) is 24.3 Å². The molecule has 1 atom stereocenters. The van der Waals surface area contributed by atoms with Gasteiger partial charge in [0.1, 0.15) is 0 Å². The normalized spacial score (nSPS) is 18.5. The van der Waals surface area contributed by atoms with Crippen LogP contribution in [-0.4, -0.2) is 5.38 Å². The minimum Gasteiger partial charge on any atom is -0.392 e. The zero-order valence-corrected chi connectivity index (χ0v) is 12.9. The Morgan fingerprint density at radius 1 is 1.41 bits per heavy atom. The van der Waals surface area contributed by atoms with E-state index < -0.39 is 0 Å². The van der Waals surface area contributed by atoms with E-state index in [2.05, 4.69) is 23.9 Å². The van der Waals surface area contributed by atoms with Gasteiger partial charge in [-0.1, -0.05) is 31.1 Å². The molecule has 0 saturated heterocycles. The second kappa shape index (κ2) is 6.40. The summed E-state index contributed by atoms with van der Waals surface area (Å²) in [5.41, 5.74) is 3.65. The number of rotatable bonds is 1. The van der Waals surface area contributed by atoms with Crippen LogP contribution in [0.3, 0.4) is 0 Å². The predicted molar refractivity (Wildman–Crippen MR) is 67.6 cm³/mol. The van der Waals surface area contributed by atoms with E-state index in [0.29, 0.717) is 6.42 Å². The Labute approximate surface area is 132 Å². The first-order valence-corrected chi connectivity index (χ1v) is 5.42. The van der Waals surface area contributed by atoms with Crippen LogP contribution >= 0.6 is 11.6 Å². The van der Waals surface area contributed by atoms with Crippen molar-refractivity contribution < 1.29 is 32.7 Å². The van der Waals surface area contributed by atoms with Crippen LogP contribution in [0, 0.1) is 18.4 Å². The maximum Gasteiger partial charge on any atom is 0.0604 e. The van der Waals surface area contributed by atoms with E-state index in [-0.39, 0.29) is 38.1 Å². The van der Waals surface area contributed by atoms with Gasteiger partial charge in [0.15, 0.2) is 0 Å². The SMILES string of the molecule is C#Cc1ccc(C2=[C-]CC(Cl)C(=C)N2)cc1.[Y].